The summed E-state index contributed by atoms with van der Waals surface area (Å²) in [6, 6.07) is 5.43. The average molecular weight is 192 g/mol. The number of carbonyl (C=O) groups excluding carboxylic acids is 1. The largest absolute Gasteiger partial charge is 0.465 e. The highest BCUT2D eigenvalue weighted by Crippen LogP contribution is 2.26. The minimum atomic E-state index is -0.303. The van der Waals surface area contributed by atoms with Crippen molar-refractivity contribution in [1.82, 2.24) is 0 Å². The summed E-state index contributed by atoms with van der Waals surface area (Å²) in [6.07, 6.45) is 0.886. The zero-order valence-electron chi connectivity index (χ0n) is 7.99. The monoisotopic (exact) mass is 192 g/mol. The second-order valence-corrected chi connectivity index (χ2v) is 3.28. The third kappa shape index (κ3) is 1.33. The fraction of sp³-hybridized carbons (Fsp3) is 0.300. The van der Waals surface area contributed by atoms with Gasteiger partial charge in [-0.2, -0.15) is 0 Å². The molecule has 1 heterocycles. The molecule has 0 atom stereocenters. The third-order valence-electron chi connectivity index (χ3n) is 2.43. The highest BCUT2D eigenvalue weighted by Gasteiger charge is 2.17. The highest BCUT2D eigenvalue weighted by molar-refractivity contribution is 5.90. The van der Waals surface area contributed by atoms with Crippen LogP contribution in [0.2, 0.25) is 0 Å². The van der Waals surface area contributed by atoms with Gasteiger partial charge in [-0.1, -0.05) is 0 Å². The van der Waals surface area contributed by atoms with Crippen molar-refractivity contribution < 1.29 is 9.53 Å². The molecule has 2 N–H and O–H groups in total. The maximum Gasteiger partial charge on any atom is 0.337 e. The van der Waals surface area contributed by atoms with Crippen LogP contribution in [0.3, 0.4) is 0 Å². The number of fused-ring (bicyclic) bond motifs is 1. The Hall–Kier alpha value is -1.55. The maximum absolute atomic E-state index is 11.2. The standard InChI is InChI=1S/C10H12N2O2/c1-14-10(13)8-2-3-9-7(6-8)4-5-12(9)11/h2-3,6H,4-5,11H2,1H3. The zero-order valence-corrected chi connectivity index (χ0v) is 7.99. The molecule has 1 aliphatic heterocycles. The minimum absolute atomic E-state index is 0.303. The molecule has 0 unspecified atom stereocenters. The van der Waals surface area contributed by atoms with E-state index in [0.29, 0.717) is 5.56 Å². The topological polar surface area (TPSA) is 55.6 Å². The minimum Gasteiger partial charge on any atom is -0.465 e. The van der Waals surface area contributed by atoms with E-state index < -0.39 is 0 Å². The summed E-state index contributed by atoms with van der Waals surface area (Å²) in [7, 11) is 1.38. The molecule has 0 saturated carbocycles. The van der Waals surface area contributed by atoms with Crippen LogP contribution in [0.5, 0.6) is 0 Å². The fourth-order valence-electron chi connectivity index (χ4n) is 1.67. The molecule has 4 nitrogen and oxygen atoms in total. The van der Waals surface area contributed by atoms with Crippen molar-refractivity contribution in [3.05, 3.63) is 29.3 Å². The van der Waals surface area contributed by atoms with Gasteiger partial charge in [0.25, 0.3) is 0 Å². The van der Waals surface area contributed by atoms with Crippen molar-refractivity contribution >= 4 is 11.7 Å². The summed E-state index contributed by atoms with van der Waals surface area (Å²) in [6.45, 7) is 0.806. The molecule has 74 valence electrons. The van der Waals surface area contributed by atoms with Crippen LogP contribution >= 0.6 is 0 Å². The first kappa shape index (κ1) is 9.02. The van der Waals surface area contributed by atoms with Crippen LogP contribution in [0.4, 0.5) is 5.69 Å². The van der Waals surface area contributed by atoms with E-state index in [0.717, 1.165) is 24.2 Å². The van der Waals surface area contributed by atoms with Gasteiger partial charge in [-0.3, -0.25) is 0 Å². The van der Waals surface area contributed by atoms with Crippen molar-refractivity contribution in [1.29, 1.82) is 0 Å². The Morgan fingerprint density at radius 3 is 3.07 bits per heavy atom. The number of ether oxygens (including phenoxy) is 1. The summed E-state index contributed by atoms with van der Waals surface area (Å²) >= 11 is 0. The lowest BCUT2D eigenvalue weighted by molar-refractivity contribution is 0.0600. The highest BCUT2D eigenvalue weighted by atomic mass is 16.5. The first-order chi connectivity index (χ1) is 6.72. The van der Waals surface area contributed by atoms with Crippen molar-refractivity contribution in [3.63, 3.8) is 0 Å². The third-order valence-corrected chi connectivity index (χ3v) is 2.43. The molecule has 0 spiro atoms. The summed E-state index contributed by atoms with van der Waals surface area (Å²) in [5.41, 5.74) is 2.69. The molecule has 0 saturated heterocycles. The van der Waals surface area contributed by atoms with Crippen molar-refractivity contribution in [2.45, 2.75) is 6.42 Å². The first-order valence-electron chi connectivity index (χ1n) is 4.46. The van der Waals surface area contributed by atoms with Gasteiger partial charge >= 0.3 is 5.97 Å². The van der Waals surface area contributed by atoms with Crippen LogP contribution in [0.25, 0.3) is 0 Å². The van der Waals surface area contributed by atoms with Gasteiger partial charge in [-0.25, -0.2) is 10.6 Å². The van der Waals surface area contributed by atoms with Crippen molar-refractivity contribution in [3.8, 4) is 0 Å². The number of hydrazine groups is 1. The smallest absolute Gasteiger partial charge is 0.337 e. The first-order valence-corrected chi connectivity index (χ1v) is 4.46. The predicted octanol–water partition coefficient (Wildman–Crippen LogP) is 0.709. The molecule has 0 amide bonds. The number of methoxy groups -OCH3 is 1. The summed E-state index contributed by atoms with van der Waals surface area (Å²) in [5.74, 6) is 5.42. The molecule has 14 heavy (non-hydrogen) atoms. The lowest BCUT2D eigenvalue weighted by atomic mass is 10.1. The van der Waals surface area contributed by atoms with Gasteiger partial charge in [0.15, 0.2) is 0 Å². The molecule has 2 rings (SSSR count). The molecule has 0 bridgehead atoms. The molecule has 0 radical (unpaired) electrons. The molecular weight excluding hydrogens is 180 g/mol. The van der Waals surface area contributed by atoms with E-state index in [1.807, 2.05) is 12.1 Å². The number of hydrogen-bond donors (Lipinski definition) is 1. The average Bonchev–Trinajstić information content (AvgIpc) is 2.59. The second-order valence-electron chi connectivity index (χ2n) is 3.28. The van der Waals surface area contributed by atoms with Crippen LogP contribution < -0.4 is 10.9 Å². The van der Waals surface area contributed by atoms with Gasteiger partial charge in [0, 0.05) is 6.54 Å². The van der Waals surface area contributed by atoms with Crippen molar-refractivity contribution in [2.75, 3.05) is 18.7 Å². The number of benzene rings is 1. The van der Waals surface area contributed by atoms with Crippen molar-refractivity contribution in [2.24, 2.45) is 5.84 Å². The van der Waals surface area contributed by atoms with E-state index in [9.17, 15) is 4.79 Å². The quantitative estimate of drug-likeness (QED) is 0.526. The molecule has 0 fully saturated rings. The van der Waals surface area contributed by atoms with E-state index in [2.05, 4.69) is 4.74 Å². The SMILES string of the molecule is COC(=O)c1ccc2c(c1)CCN2N. The van der Waals surface area contributed by atoms with Crippen LogP contribution in [-0.2, 0) is 11.2 Å². The van der Waals surface area contributed by atoms with Gasteiger partial charge < -0.3 is 9.75 Å². The molecule has 1 aromatic carbocycles. The predicted molar refractivity (Wildman–Crippen MR) is 53.0 cm³/mol. The van der Waals surface area contributed by atoms with Gasteiger partial charge in [-0.15, -0.1) is 0 Å². The van der Waals surface area contributed by atoms with E-state index >= 15 is 0 Å². The number of hydrogen-bond acceptors (Lipinski definition) is 4. The fourth-order valence-corrected chi connectivity index (χ4v) is 1.67. The number of esters is 1. The zero-order chi connectivity index (χ0) is 10.1. The van der Waals surface area contributed by atoms with E-state index in [1.165, 1.54) is 7.11 Å². The van der Waals surface area contributed by atoms with Crippen LogP contribution in [0, 0.1) is 0 Å². The number of carbonyl (C=O) groups is 1. The van der Waals surface area contributed by atoms with Gasteiger partial charge in [0.1, 0.15) is 0 Å². The number of rotatable bonds is 1. The summed E-state index contributed by atoms with van der Waals surface area (Å²) in [5, 5.41) is 1.69. The van der Waals surface area contributed by atoms with E-state index in [4.69, 9.17) is 5.84 Å². The van der Waals surface area contributed by atoms with Gasteiger partial charge in [0.05, 0.1) is 18.4 Å². The Morgan fingerprint density at radius 1 is 1.57 bits per heavy atom. The van der Waals surface area contributed by atoms with Crippen LogP contribution in [0.15, 0.2) is 18.2 Å². The number of nitrogens with two attached hydrogens (primary N) is 1. The summed E-state index contributed by atoms with van der Waals surface area (Å²) < 4.78 is 4.64. The Bertz CT molecular complexity index is 376. The Kier molecular flexibility index (Phi) is 2.13. The molecule has 4 heteroatoms. The molecule has 1 aliphatic rings. The number of nitrogens with zero attached hydrogens (tertiary/aromatic N) is 1. The Morgan fingerprint density at radius 2 is 2.36 bits per heavy atom. The van der Waals surface area contributed by atoms with Gasteiger partial charge in [0.2, 0.25) is 0 Å². The summed E-state index contributed by atoms with van der Waals surface area (Å²) in [4.78, 5) is 11.2. The lowest BCUT2D eigenvalue weighted by Crippen LogP contribution is -2.27. The number of anilines is 1. The van der Waals surface area contributed by atoms with E-state index in [-0.39, 0.29) is 5.97 Å². The molecule has 1 aromatic rings. The maximum atomic E-state index is 11.2. The molecule has 0 aliphatic carbocycles. The molecule has 0 aromatic heterocycles. The van der Waals surface area contributed by atoms with E-state index in [1.54, 1.807) is 11.1 Å². The van der Waals surface area contributed by atoms with Gasteiger partial charge in [-0.05, 0) is 30.2 Å². The Labute approximate surface area is 82.2 Å². The molecular formula is C10H12N2O2. The van der Waals surface area contributed by atoms with Crippen LogP contribution in [0.1, 0.15) is 15.9 Å². The second kappa shape index (κ2) is 3.31. The Balaban J connectivity index is 2.37. The lowest BCUT2D eigenvalue weighted by Gasteiger charge is -2.11. The van der Waals surface area contributed by atoms with Crippen LogP contribution in [-0.4, -0.2) is 19.6 Å². The normalized spacial score (nSPS) is 14.0.